The van der Waals surface area contributed by atoms with Crippen LogP contribution in [-0.2, 0) is 6.18 Å². The molecule has 4 N–H and O–H groups in total. The summed E-state index contributed by atoms with van der Waals surface area (Å²) < 4.78 is 41.7. The molecule has 2 aliphatic rings. The van der Waals surface area contributed by atoms with Crippen LogP contribution in [0.1, 0.15) is 22.5 Å². The molecule has 0 saturated carbocycles. The number of carbonyl (C=O) groups excluding carboxylic acids is 2. The zero-order valence-corrected chi connectivity index (χ0v) is 22.9. The van der Waals surface area contributed by atoms with Gasteiger partial charge in [0.25, 0.3) is 5.91 Å². The van der Waals surface area contributed by atoms with Crippen molar-refractivity contribution >= 4 is 40.7 Å². The maximum atomic E-state index is 13.4. The van der Waals surface area contributed by atoms with E-state index in [9.17, 15) is 22.8 Å². The van der Waals surface area contributed by atoms with Crippen LogP contribution in [0.3, 0.4) is 0 Å². The molecule has 0 unspecified atom stereocenters. The number of benzene rings is 1. The number of nitrogens with one attached hydrogen (secondary N) is 2. The number of piperazine rings is 1. The van der Waals surface area contributed by atoms with Crippen LogP contribution in [0.15, 0.2) is 43.0 Å². The molecule has 0 radical (unpaired) electrons. The third-order valence-corrected chi connectivity index (χ3v) is 7.73. The maximum Gasteiger partial charge on any atom is 0.433 e. The summed E-state index contributed by atoms with van der Waals surface area (Å²) in [5, 5.41) is 8.84. The lowest BCUT2D eigenvalue weighted by Crippen LogP contribution is -2.54. The van der Waals surface area contributed by atoms with E-state index in [0.717, 1.165) is 12.6 Å². The zero-order valence-electron chi connectivity index (χ0n) is 22.1. The van der Waals surface area contributed by atoms with Gasteiger partial charge in [0, 0.05) is 63.4 Å². The fourth-order valence-electron chi connectivity index (χ4n) is 5.24. The van der Waals surface area contributed by atoms with Crippen LogP contribution in [-0.4, -0.2) is 96.5 Å². The molecule has 0 spiro atoms. The Morgan fingerprint density at radius 3 is 2.50 bits per heavy atom. The topological polar surface area (TPSA) is 141 Å². The van der Waals surface area contributed by atoms with E-state index in [1.54, 1.807) is 32.9 Å². The normalized spacial score (nSPS) is 17.7. The largest absolute Gasteiger partial charge is 0.433 e. The molecule has 2 saturated heterocycles. The highest BCUT2D eigenvalue weighted by atomic mass is 35.5. The van der Waals surface area contributed by atoms with Gasteiger partial charge in [0.2, 0.25) is 0 Å². The summed E-state index contributed by atoms with van der Waals surface area (Å²) in [6.45, 7) is 2.77. The number of rotatable bonds is 4. The van der Waals surface area contributed by atoms with Crippen molar-refractivity contribution in [1.82, 2.24) is 39.3 Å². The van der Waals surface area contributed by atoms with Crippen molar-refractivity contribution in [3.05, 3.63) is 59.3 Å². The lowest BCUT2D eigenvalue weighted by atomic mass is 10.1. The summed E-state index contributed by atoms with van der Waals surface area (Å²) in [6.07, 6.45) is 1.50. The first-order valence-corrected chi connectivity index (χ1v) is 13.6. The summed E-state index contributed by atoms with van der Waals surface area (Å²) in [6, 6.07) is 4.77. The Balaban J connectivity index is 1.15. The predicted molar refractivity (Wildman–Crippen MR) is 147 cm³/mol. The van der Waals surface area contributed by atoms with Gasteiger partial charge in [-0.3, -0.25) is 14.3 Å². The minimum absolute atomic E-state index is 0.00544. The van der Waals surface area contributed by atoms with Crippen molar-refractivity contribution in [2.75, 3.05) is 44.6 Å². The summed E-state index contributed by atoms with van der Waals surface area (Å²) in [7, 11) is 0. The van der Waals surface area contributed by atoms with Crippen LogP contribution in [0.4, 0.5) is 29.5 Å². The summed E-state index contributed by atoms with van der Waals surface area (Å²) in [4.78, 5) is 39.7. The minimum atomic E-state index is -4.62. The number of nitrogens with two attached hydrogens (primary N) is 1. The fourth-order valence-corrected chi connectivity index (χ4v) is 5.50. The molecule has 3 aromatic heterocycles. The molecule has 42 heavy (non-hydrogen) atoms. The molecular formula is C26H26ClF3N10O2. The highest BCUT2D eigenvalue weighted by molar-refractivity contribution is 6.34. The van der Waals surface area contributed by atoms with Crippen molar-refractivity contribution < 1.29 is 22.8 Å². The molecule has 1 aromatic carbocycles. The third-order valence-electron chi connectivity index (χ3n) is 7.42. The molecule has 16 heteroatoms. The predicted octanol–water partition coefficient (Wildman–Crippen LogP) is 3.45. The molecule has 5 heterocycles. The molecule has 0 aliphatic carbocycles. The standard InChI is InChI=1S/C26H26ClF3N10O2/c27-19-11-16(1-2-17(19)24(41)37-7-9-38(10-8-37)25(42)39-5-3-15(31)14-39)35-22-23-33-13-20(40(23)6-4-32-22)18-12-34-36-21(18)26(28,29)30/h1-2,4,6,11-13,15H,3,5,7-10,14,31H2,(H,32,35)(H,34,36)/t15-/m1/s1. The monoisotopic (exact) mass is 602 g/mol. The molecule has 1 atom stereocenters. The first kappa shape index (κ1) is 27.8. The second-order valence-corrected chi connectivity index (χ2v) is 10.6. The lowest BCUT2D eigenvalue weighted by molar-refractivity contribution is -0.140. The number of urea groups is 1. The van der Waals surface area contributed by atoms with Gasteiger partial charge in [0.1, 0.15) is 5.69 Å². The van der Waals surface area contributed by atoms with Gasteiger partial charge in [-0.25, -0.2) is 14.8 Å². The van der Waals surface area contributed by atoms with Gasteiger partial charge >= 0.3 is 12.2 Å². The highest BCUT2D eigenvalue weighted by Crippen LogP contribution is 2.36. The number of fused-ring (bicyclic) bond motifs is 1. The number of imidazole rings is 1. The minimum Gasteiger partial charge on any atom is -0.337 e. The number of H-pyrrole nitrogens is 1. The number of halogens is 4. The molecular weight excluding hydrogens is 577 g/mol. The van der Waals surface area contributed by atoms with Crippen LogP contribution in [0.5, 0.6) is 0 Å². The number of nitrogens with zero attached hydrogens (tertiary/aromatic N) is 7. The quantitative estimate of drug-likeness (QED) is 0.325. The summed E-state index contributed by atoms with van der Waals surface area (Å²) in [5.41, 5.74) is 6.06. The van der Waals surface area contributed by atoms with Gasteiger partial charge in [-0.1, -0.05) is 11.6 Å². The Kier molecular flexibility index (Phi) is 7.14. The number of anilines is 2. The van der Waals surface area contributed by atoms with Gasteiger partial charge in [-0.05, 0) is 24.6 Å². The average molecular weight is 603 g/mol. The lowest BCUT2D eigenvalue weighted by Gasteiger charge is -2.36. The summed E-state index contributed by atoms with van der Waals surface area (Å²) >= 11 is 6.51. The number of hydrogen-bond acceptors (Lipinski definition) is 7. The van der Waals surface area contributed by atoms with Crippen LogP contribution in [0, 0.1) is 0 Å². The Hall–Kier alpha value is -4.37. The van der Waals surface area contributed by atoms with Gasteiger partial charge in [-0.15, -0.1) is 0 Å². The van der Waals surface area contributed by atoms with Crippen molar-refractivity contribution in [2.45, 2.75) is 18.6 Å². The Morgan fingerprint density at radius 2 is 1.81 bits per heavy atom. The van der Waals surface area contributed by atoms with E-state index in [1.165, 1.54) is 23.0 Å². The number of aromatic nitrogens is 5. The van der Waals surface area contributed by atoms with E-state index in [1.807, 2.05) is 5.10 Å². The number of aromatic amines is 1. The zero-order chi connectivity index (χ0) is 29.6. The van der Waals surface area contributed by atoms with E-state index < -0.39 is 11.9 Å². The van der Waals surface area contributed by atoms with Crippen LogP contribution in [0.2, 0.25) is 5.02 Å². The molecule has 2 aliphatic heterocycles. The Bertz CT molecular complexity index is 1650. The Morgan fingerprint density at radius 1 is 1.05 bits per heavy atom. The second kappa shape index (κ2) is 10.8. The molecule has 6 rings (SSSR count). The van der Waals surface area contributed by atoms with E-state index in [0.29, 0.717) is 50.5 Å². The average Bonchev–Trinajstić information content (AvgIpc) is 3.72. The number of carbonyl (C=O) groups is 2. The number of hydrogen-bond donors (Lipinski definition) is 3. The van der Waals surface area contributed by atoms with Crippen molar-refractivity contribution in [3.8, 4) is 11.3 Å². The molecule has 0 bridgehead atoms. The van der Waals surface area contributed by atoms with E-state index in [4.69, 9.17) is 17.3 Å². The highest BCUT2D eigenvalue weighted by Gasteiger charge is 2.37. The summed E-state index contributed by atoms with van der Waals surface area (Å²) in [5.74, 6) is 0.0243. The van der Waals surface area contributed by atoms with Crippen molar-refractivity contribution in [2.24, 2.45) is 5.73 Å². The number of alkyl halides is 3. The molecule has 2 fully saturated rings. The van der Waals surface area contributed by atoms with Gasteiger partial charge in [0.05, 0.1) is 34.2 Å². The van der Waals surface area contributed by atoms with Crippen molar-refractivity contribution in [3.63, 3.8) is 0 Å². The van der Waals surface area contributed by atoms with Crippen LogP contribution < -0.4 is 11.1 Å². The fraction of sp³-hybridized carbons (Fsp3) is 0.346. The maximum absolute atomic E-state index is 13.4. The van der Waals surface area contributed by atoms with Crippen LogP contribution in [0.25, 0.3) is 16.9 Å². The SMILES string of the molecule is N[C@@H]1CCN(C(=O)N2CCN(C(=O)c3ccc(Nc4nccn5c(-c6cn[nH]c6C(F)(F)F)cnc45)cc3Cl)CC2)C1. The first-order chi connectivity index (χ1) is 20.1. The van der Waals surface area contributed by atoms with E-state index >= 15 is 0 Å². The Labute approximate surface area is 242 Å². The second-order valence-electron chi connectivity index (χ2n) is 10.1. The molecule has 220 valence electrons. The molecule has 4 aromatic rings. The van der Waals surface area contributed by atoms with Gasteiger partial charge in [0.15, 0.2) is 11.5 Å². The number of likely N-dealkylation sites (tertiary alicyclic amines) is 1. The molecule has 12 nitrogen and oxygen atoms in total. The van der Waals surface area contributed by atoms with E-state index in [-0.39, 0.29) is 45.7 Å². The molecule has 3 amide bonds. The van der Waals surface area contributed by atoms with Crippen LogP contribution >= 0.6 is 11.6 Å². The third kappa shape index (κ3) is 5.20. The van der Waals surface area contributed by atoms with E-state index in [2.05, 4.69) is 20.4 Å². The smallest absolute Gasteiger partial charge is 0.337 e. The van der Waals surface area contributed by atoms with Crippen molar-refractivity contribution in [1.29, 1.82) is 0 Å². The first-order valence-electron chi connectivity index (χ1n) is 13.2. The van der Waals surface area contributed by atoms with Gasteiger partial charge < -0.3 is 25.8 Å². The van der Waals surface area contributed by atoms with Gasteiger partial charge in [-0.2, -0.15) is 18.3 Å². The number of amides is 3.